The SMILES string of the molecule is COc1ccc(NC(=O)COC(=O)COc2cc(Cl)c(Cl)cc2Cl)cc1Cl. The Hall–Kier alpha value is -1.86. The van der Waals surface area contributed by atoms with Gasteiger partial charge < -0.3 is 19.5 Å². The van der Waals surface area contributed by atoms with Crippen LogP contribution in [0.2, 0.25) is 20.1 Å². The lowest BCUT2D eigenvalue weighted by atomic mass is 10.3. The number of methoxy groups -OCH3 is 1. The number of nitrogens with one attached hydrogen (secondary N) is 1. The number of anilines is 1. The number of hydrogen-bond acceptors (Lipinski definition) is 5. The van der Waals surface area contributed by atoms with Crippen molar-refractivity contribution in [3.05, 3.63) is 50.4 Å². The van der Waals surface area contributed by atoms with E-state index in [4.69, 9.17) is 60.6 Å². The van der Waals surface area contributed by atoms with Gasteiger partial charge in [0.1, 0.15) is 11.5 Å². The van der Waals surface area contributed by atoms with E-state index in [2.05, 4.69) is 5.32 Å². The van der Waals surface area contributed by atoms with Crippen LogP contribution in [0.3, 0.4) is 0 Å². The first-order valence-electron chi connectivity index (χ1n) is 7.36. The summed E-state index contributed by atoms with van der Waals surface area (Å²) in [4.78, 5) is 23.5. The zero-order chi connectivity index (χ0) is 20.0. The Kier molecular flexibility index (Phi) is 7.86. The summed E-state index contributed by atoms with van der Waals surface area (Å²) in [5, 5.41) is 3.54. The Labute approximate surface area is 175 Å². The molecule has 6 nitrogen and oxygen atoms in total. The predicted molar refractivity (Wildman–Crippen MR) is 105 cm³/mol. The maximum absolute atomic E-state index is 11.8. The summed E-state index contributed by atoms with van der Waals surface area (Å²) in [5.74, 6) is -0.670. The quantitative estimate of drug-likeness (QED) is 0.479. The Balaban J connectivity index is 1.80. The minimum atomic E-state index is -0.764. The molecule has 1 N–H and O–H groups in total. The number of carbonyl (C=O) groups is 2. The number of ether oxygens (including phenoxy) is 3. The Bertz CT molecular complexity index is 859. The van der Waals surface area contributed by atoms with Crippen molar-refractivity contribution >= 4 is 64.0 Å². The van der Waals surface area contributed by atoms with Crippen LogP contribution in [0.1, 0.15) is 0 Å². The highest BCUT2D eigenvalue weighted by atomic mass is 35.5. The van der Waals surface area contributed by atoms with Crippen molar-refractivity contribution in [3.8, 4) is 11.5 Å². The van der Waals surface area contributed by atoms with Crippen LogP contribution in [-0.4, -0.2) is 32.2 Å². The average Bonchev–Trinajstić information content (AvgIpc) is 2.62. The van der Waals surface area contributed by atoms with Crippen molar-refractivity contribution in [2.45, 2.75) is 0 Å². The zero-order valence-corrected chi connectivity index (χ0v) is 16.9. The minimum absolute atomic E-state index is 0.167. The van der Waals surface area contributed by atoms with Crippen LogP contribution in [0.25, 0.3) is 0 Å². The van der Waals surface area contributed by atoms with E-state index in [0.717, 1.165) is 0 Å². The number of amides is 1. The van der Waals surface area contributed by atoms with Gasteiger partial charge in [-0.1, -0.05) is 46.4 Å². The molecule has 0 fully saturated rings. The first-order chi connectivity index (χ1) is 12.8. The van der Waals surface area contributed by atoms with E-state index in [0.29, 0.717) is 16.5 Å². The van der Waals surface area contributed by atoms with Gasteiger partial charge in [0.25, 0.3) is 5.91 Å². The highest BCUT2D eigenvalue weighted by Gasteiger charge is 2.12. The second kappa shape index (κ2) is 9.90. The number of carbonyl (C=O) groups excluding carboxylic acids is 2. The largest absolute Gasteiger partial charge is 0.495 e. The number of hydrogen-bond donors (Lipinski definition) is 1. The highest BCUT2D eigenvalue weighted by molar-refractivity contribution is 6.43. The number of esters is 1. The fourth-order valence-electron chi connectivity index (χ4n) is 1.88. The summed E-state index contributed by atoms with van der Waals surface area (Å²) in [5.41, 5.74) is 0.431. The van der Waals surface area contributed by atoms with E-state index in [-0.39, 0.29) is 20.8 Å². The summed E-state index contributed by atoms with van der Waals surface area (Å²) in [6.07, 6.45) is 0. The lowest BCUT2D eigenvalue weighted by Crippen LogP contribution is -2.23. The number of halogens is 4. The van der Waals surface area contributed by atoms with E-state index in [1.165, 1.54) is 25.3 Å². The average molecular weight is 453 g/mol. The van der Waals surface area contributed by atoms with Gasteiger partial charge in [-0.05, 0) is 24.3 Å². The molecule has 0 atom stereocenters. The van der Waals surface area contributed by atoms with Crippen molar-refractivity contribution in [1.29, 1.82) is 0 Å². The van der Waals surface area contributed by atoms with Crippen molar-refractivity contribution in [2.75, 3.05) is 25.6 Å². The van der Waals surface area contributed by atoms with Gasteiger partial charge in [0, 0.05) is 11.8 Å². The zero-order valence-electron chi connectivity index (χ0n) is 13.9. The molecule has 0 saturated heterocycles. The second-order valence-electron chi connectivity index (χ2n) is 5.04. The third-order valence-electron chi connectivity index (χ3n) is 3.12. The van der Waals surface area contributed by atoms with Gasteiger partial charge in [-0.2, -0.15) is 0 Å². The van der Waals surface area contributed by atoms with Crippen LogP contribution in [0, 0.1) is 0 Å². The molecule has 0 radical (unpaired) electrons. The maximum Gasteiger partial charge on any atom is 0.344 e. The molecule has 0 aromatic heterocycles. The summed E-state index contributed by atoms with van der Waals surface area (Å²) >= 11 is 23.6. The second-order valence-corrected chi connectivity index (χ2v) is 6.67. The molecular formula is C17H13Cl4NO5. The summed E-state index contributed by atoms with van der Waals surface area (Å²) in [6, 6.07) is 7.47. The Morgan fingerprint density at radius 3 is 2.22 bits per heavy atom. The molecule has 2 aromatic rings. The summed E-state index contributed by atoms with van der Waals surface area (Å²) < 4.78 is 15.1. The van der Waals surface area contributed by atoms with Crippen LogP contribution in [0.5, 0.6) is 11.5 Å². The first kappa shape index (κ1) is 21.4. The molecule has 144 valence electrons. The number of benzene rings is 2. The third kappa shape index (κ3) is 6.36. The van der Waals surface area contributed by atoms with E-state index in [9.17, 15) is 9.59 Å². The van der Waals surface area contributed by atoms with Gasteiger partial charge >= 0.3 is 5.97 Å². The van der Waals surface area contributed by atoms with E-state index >= 15 is 0 Å². The van der Waals surface area contributed by atoms with E-state index in [1.54, 1.807) is 12.1 Å². The summed E-state index contributed by atoms with van der Waals surface area (Å²) in [7, 11) is 1.48. The highest BCUT2D eigenvalue weighted by Crippen LogP contribution is 2.33. The topological polar surface area (TPSA) is 73.9 Å². The standard InChI is InChI=1S/C17H13Cl4NO5/c1-25-14-3-2-9(4-12(14)20)22-16(23)7-27-17(24)8-26-15-6-11(19)10(18)5-13(15)21/h2-6H,7-8H2,1H3,(H,22,23). The van der Waals surface area contributed by atoms with Gasteiger partial charge in [0.15, 0.2) is 13.2 Å². The van der Waals surface area contributed by atoms with Crippen LogP contribution >= 0.6 is 46.4 Å². The molecule has 0 saturated carbocycles. The minimum Gasteiger partial charge on any atom is -0.495 e. The molecule has 27 heavy (non-hydrogen) atoms. The van der Waals surface area contributed by atoms with Gasteiger partial charge in [-0.3, -0.25) is 4.79 Å². The predicted octanol–water partition coefficient (Wildman–Crippen LogP) is 4.87. The monoisotopic (exact) mass is 451 g/mol. The van der Waals surface area contributed by atoms with Crippen molar-refractivity contribution < 1.29 is 23.8 Å². The fraction of sp³-hybridized carbons (Fsp3) is 0.176. The smallest absolute Gasteiger partial charge is 0.344 e. The van der Waals surface area contributed by atoms with Crippen LogP contribution in [0.15, 0.2) is 30.3 Å². The lowest BCUT2D eigenvalue weighted by molar-refractivity contribution is -0.149. The van der Waals surface area contributed by atoms with Crippen LogP contribution in [-0.2, 0) is 14.3 Å². The molecule has 1 amide bonds. The van der Waals surface area contributed by atoms with Crippen LogP contribution < -0.4 is 14.8 Å². The molecule has 2 aromatic carbocycles. The molecule has 0 bridgehead atoms. The molecule has 0 aliphatic carbocycles. The Morgan fingerprint density at radius 2 is 1.56 bits per heavy atom. The molecule has 2 rings (SSSR count). The summed E-state index contributed by atoms with van der Waals surface area (Å²) in [6.45, 7) is -0.958. The first-order valence-corrected chi connectivity index (χ1v) is 8.87. The molecule has 0 aliphatic heterocycles. The maximum atomic E-state index is 11.8. The van der Waals surface area contributed by atoms with E-state index in [1.807, 2.05) is 0 Å². The van der Waals surface area contributed by atoms with Gasteiger partial charge in [-0.25, -0.2) is 4.79 Å². The molecular weight excluding hydrogens is 440 g/mol. The Morgan fingerprint density at radius 1 is 0.889 bits per heavy atom. The van der Waals surface area contributed by atoms with Crippen molar-refractivity contribution in [2.24, 2.45) is 0 Å². The van der Waals surface area contributed by atoms with Gasteiger partial charge in [-0.15, -0.1) is 0 Å². The molecule has 10 heteroatoms. The molecule has 0 aliphatic rings. The molecule has 0 heterocycles. The van der Waals surface area contributed by atoms with E-state index < -0.39 is 25.1 Å². The van der Waals surface area contributed by atoms with Crippen molar-refractivity contribution in [1.82, 2.24) is 0 Å². The molecule has 0 spiro atoms. The third-order valence-corrected chi connectivity index (χ3v) is 4.43. The van der Waals surface area contributed by atoms with Crippen molar-refractivity contribution in [3.63, 3.8) is 0 Å². The lowest BCUT2D eigenvalue weighted by Gasteiger charge is -2.10. The molecule has 0 unspecified atom stereocenters. The number of rotatable bonds is 7. The fourth-order valence-corrected chi connectivity index (χ4v) is 2.73. The van der Waals surface area contributed by atoms with Gasteiger partial charge in [0.2, 0.25) is 0 Å². The normalized spacial score (nSPS) is 10.3. The van der Waals surface area contributed by atoms with Gasteiger partial charge in [0.05, 0.1) is 27.2 Å². The van der Waals surface area contributed by atoms with Crippen LogP contribution in [0.4, 0.5) is 5.69 Å².